The van der Waals surface area contributed by atoms with Gasteiger partial charge >= 0.3 is 5.69 Å². The van der Waals surface area contributed by atoms with Crippen molar-refractivity contribution in [1.29, 1.82) is 0 Å². The molecule has 0 unspecified atom stereocenters. The van der Waals surface area contributed by atoms with E-state index in [2.05, 4.69) is 4.98 Å². The molecule has 0 atom stereocenters. The summed E-state index contributed by atoms with van der Waals surface area (Å²) in [7, 11) is 0. The summed E-state index contributed by atoms with van der Waals surface area (Å²) in [6.45, 7) is 1.22. The van der Waals surface area contributed by atoms with Gasteiger partial charge in [-0.25, -0.2) is 4.79 Å². The Morgan fingerprint density at radius 2 is 1.90 bits per heavy atom. The number of carbonyl (C=O) groups is 1. The van der Waals surface area contributed by atoms with Gasteiger partial charge in [0.1, 0.15) is 0 Å². The molecule has 0 spiro atoms. The van der Waals surface area contributed by atoms with Crippen molar-refractivity contribution in [2.75, 3.05) is 5.06 Å². The maximum Gasteiger partial charge on any atom is 0.325 e. The van der Waals surface area contributed by atoms with E-state index >= 15 is 0 Å². The highest BCUT2D eigenvalue weighted by molar-refractivity contribution is 6.30. The number of hydroxylamine groups is 1. The number of rotatable bonds is 3. The number of hydrogen-bond donors (Lipinski definition) is 2. The predicted octanol–water partition coefficient (Wildman–Crippen LogP) is 1.06. The fourth-order valence-corrected chi connectivity index (χ4v) is 1.56. The van der Waals surface area contributed by atoms with Crippen molar-refractivity contribution in [1.82, 2.24) is 9.97 Å². The minimum absolute atomic E-state index is 0.132. The largest absolute Gasteiger partial charge is 0.372 e. The summed E-state index contributed by atoms with van der Waals surface area (Å²) in [5, 5.41) is 1.28. The maximum atomic E-state index is 11.7. The molecule has 1 aromatic heterocycles. The number of aromatic amines is 2. The van der Waals surface area contributed by atoms with Crippen LogP contribution in [-0.2, 0) is 4.79 Å². The number of hydrogen-bond acceptors (Lipinski definition) is 4. The van der Waals surface area contributed by atoms with Crippen molar-refractivity contribution in [3.05, 3.63) is 56.3 Å². The SMILES string of the molecule is CC(=O)N(Oc1ccc(Cl)cc1)c1c[nH]c(=O)[nH]c1=O. The maximum absolute atomic E-state index is 11.7. The van der Waals surface area contributed by atoms with Crippen molar-refractivity contribution in [3.63, 3.8) is 0 Å². The first-order valence-corrected chi connectivity index (χ1v) is 5.91. The molecule has 1 aromatic carbocycles. The monoisotopic (exact) mass is 295 g/mol. The molecule has 0 aliphatic rings. The van der Waals surface area contributed by atoms with Crippen LogP contribution in [0.15, 0.2) is 40.1 Å². The summed E-state index contributed by atoms with van der Waals surface area (Å²) < 4.78 is 0. The lowest BCUT2D eigenvalue weighted by Gasteiger charge is -2.19. The van der Waals surface area contributed by atoms with E-state index in [9.17, 15) is 14.4 Å². The van der Waals surface area contributed by atoms with Gasteiger partial charge in [-0.1, -0.05) is 11.6 Å². The number of aromatic nitrogens is 2. The average molecular weight is 296 g/mol. The summed E-state index contributed by atoms with van der Waals surface area (Å²) >= 11 is 5.74. The number of anilines is 1. The summed E-state index contributed by atoms with van der Waals surface area (Å²) in [6, 6.07) is 6.23. The minimum Gasteiger partial charge on any atom is -0.372 e. The lowest BCUT2D eigenvalue weighted by atomic mass is 10.3. The highest BCUT2D eigenvalue weighted by atomic mass is 35.5. The molecule has 0 saturated carbocycles. The second-order valence-electron chi connectivity index (χ2n) is 3.82. The van der Waals surface area contributed by atoms with Crippen LogP contribution in [0.4, 0.5) is 5.69 Å². The Labute approximate surface area is 117 Å². The fourth-order valence-electron chi connectivity index (χ4n) is 1.44. The third-order valence-corrected chi connectivity index (χ3v) is 2.57. The van der Waals surface area contributed by atoms with Crippen LogP contribution in [0.2, 0.25) is 5.02 Å². The smallest absolute Gasteiger partial charge is 0.325 e. The van der Waals surface area contributed by atoms with Crippen LogP contribution < -0.4 is 21.1 Å². The van der Waals surface area contributed by atoms with Gasteiger partial charge in [0.25, 0.3) is 11.5 Å². The molecule has 20 heavy (non-hydrogen) atoms. The number of amides is 1. The molecule has 0 radical (unpaired) electrons. The van der Waals surface area contributed by atoms with E-state index in [1.54, 1.807) is 12.1 Å². The van der Waals surface area contributed by atoms with Gasteiger partial charge in [0.2, 0.25) is 0 Å². The zero-order valence-corrected chi connectivity index (χ0v) is 11.1. The Morgan fingerprint density at radius 3 is 2.45 bits per heavy atom. The number of nitrogens with zero attached hydrogens (tertiary/aromatic N) is 1. The minimum atomic E-state index is -0.738. The van der Waals surface area contributed by atoms with E-state index < -0.39 is 17.2 Å². The lowest BCUT2D eigenvalue weighted by molar-refractivity contribution is -0.120. The molecule has 2 N–H and O–H groups in total. The first kappa shape index (κ1) is 13.9. The summed E-state index contributed by atoms with van der Waals surface area (Å²) in [5.74, 6) is -0.215. The van der Waals surface area contributed by atoms with Crippen molar-refractivity contribution >= 4 is 23.2 Å². The molecule has 0 bridgehead atoms. The van der Waals surface area contributed by atoms with Crippen LogP contribution in [0.5, 0.6) is 5.75 Å². The molecule has 2 aromatic rings. The molecule has 2 rings (SSSR count). The van der Waals surface area contributed by atoms with Crippen molar-refractivity contribution < 1.29 is 9.63 Å². The molecule has 1 heterocycles. The average Bonchev–Trinajstić information content (AvgIpc) is 2.39. The molecule has 0 saturated heterocycles. The van der Waals surface area contributed by atoms with Gasteiger partial charge in [0.15, 0.2) is 11.4 Å². The van der Waals surface area contributed by atoms with Crippen LogP contribution in [0.1, 0.15) is 6.92 Å². The van der Waals surface area contributed by atoms with Gasteiger partial charge in [-0.2, -0.15) is 0 Å². The van der Waals surface area contributed by atoms with Gasteiger partial charge in [-0.15, -0.1) is 5.06 Å². The van der Waals surface area contributed by atoms with Crippen LogP contribution in [0.25, 0.3) is 0 Å². The fraction of sp³-hybridized carbons (Fsp3) is 0.0833. The Balaban J connectivity index is 2.36. The third-order valence-electron chi connectivity index (χ3n) is 2.31. The summed E-state index contributed by atoms with van der Waals surface area (Å²) in [5.41, 5.74) is -1.54. The first-order chi connectivity index (χ1) is 9.47. The zero-order valence-electron chi connectivity index (χ0n) is 10.3. The number of nitrogens with one attached hydrogen (secondary N) is 2. The highest BCUT2D eigenvalue weighted by Gasteiger charge is 2.18. The van der Waals surface area contributed by atoms with E-state index in [0.29, 0.717) is 10.8 Å². The van der Waals surface area contributed by atoms with Crippen LogP contribution >= 0.6 is 11.6 Å². The Bertz CT molecular complexity index is 735. The second kappa shape index (κ2) is 5.62. The van der Waals surface area contributed by atoms with Crippen molar-refractivity contribution in [3.8, 4) is 5.75 Å². The van der Waals surface area contributed by atoms with Crippen LogP contribution in [0.3, 0.4) is 0 Å². The molecule has 0 aliphatic carbocycles. The van der Waals surface area contributed by atoms with Gasteiger partial charge in [0.05, 0.1) is 0 Å². The lowest BCUT2D eigenvalue weighted by Crippen LogP contribution is -2.38. The number of benzene rings is 1. The van der Waals surface area contributed by atoms with E-state index in [-0.39, 0.29) is 5.69 Å². The molecule has 1 amide bonds. The third kappa shape index (κ3) is 3.07. The normalized spacial score (nSPS) is 10.1. The Morgan fingerprint density at radius 1 is 1.25 bits per heavy atom. The van der Waals surface area contributed by atoms with Gasteiger partial charge < -0.3 is 9.82 Å². The topological polar surface area (TPSA) is 95.3 Å². The van der Waals surface area contributed by atoms with Gasteiger partial charge in [-0.3, -0.25) is 14.6 Å². The van der Waals surface area contributed by atoms with E-state index in [1.807, 2.05) is 4.98 Å². The van der Waals surface area contributed by atoms with Gasteiger partial charge in [0, 0.05) is 18.1 Å². The Hall–Kier alpha value is -2.54. The van der Waals surface area contributed by atoms with Crippen molar-refractivity contribution in [2.45, 2.75) is 6.92 Å². The predicted molar refractivity (Wildman–Crippen MR) is 72.9 cm³/mol. The first-order valence-electron chi connectivity index (χ1n) is 5.53. The molecule has 0 aliphatic heterocycles. The summed E-state index contributed by atoms with van der Waals surface area (Å²) in [6.07, 6.45) is 1.10. The molecular weight excluding hydrogens is 286 g/mol. The van der Waals surface area contributed by atoms with E-state index in [1.165, 1.54) is 19.1 Å². The second-order valence-corrected chi connectivity index (χ2v) is 4.25. The highest BCUT2D eigenvalue weighted by Crippen LogP contribution is 2.18. The van der Waals surface area contributed by atoms with E-state index in [4.69, 9.17) is 16.4 Å². The number of halogens is 1. The molecule has 8 heteroatoms. The van der Waals surface area contributed by atoms with Crippen LogP contribution in [0, 0.1) is 0 Å². The van der Waals surface area contributed by atoms with E-state index in [0.717, 1.165) is 11.3 Å². The number of H-pyrrole nitrogens is 2. The molecular formula is C12H10ClN3O4. The standard InChI is InChI=1S/C12H10ClN3O4/c1-7(17)16(10-6-14-12(19)15-11(10)18)20-9-4-2-8(13)3-5-9/h2-6H,1H3,(H2,14,15,18,19). The molecule has 7 nitrogen and oxygen atoms in total. The quantitative estimate of drug-likeness (QED) is 0.828. The molecule has 104 valence electrons. The van der Waals surface area contributed by atoms with Crippen molar-refractivity contribution in [2.24, 2.45) is 0 Å². The van der Waals surface area contributed by atoms with Gasteiger partial charge in [-0.05, 0) is 24.3 Å². The molecule has 0 fully saturated rings. The summed E-state index contributed by atoms with van der Waals surface area (Å²) in [4.78, 5) is 43.8. The zero-order chi connectivity index (χ0) is 14.7. The number of carbonyl (C=O) groups excluding carboxylic acids is 1. The van der Waals surface area contributed by atoms with Crippen LogP contribution in [-0.4, -0.2) is 15.9 Å². The Kier molecular flexibility index (Phi) is 3.90.